The molecule has 0 spiro atoms. The minimum Gasteiger partial charge on any atom is -0.386 e. The fourth-order valence-electron chi connectivity index (χ4n) is 2.06. The van der Waals surface area contributed by atoms with Crippen LogP contribution in [0.25, 0.3) is 0 Å². The molecule has 8 nitrogen and oxygen atoms in total. The highest BCUT2D eigenvalue weighted by atomic mass is 32.1. The molecular weight excluding hydrogens is 316 g/mol. The summed E-state index contributed by atoms with van der Waals surface area (Å²) in [6, 6.07) is 3.73. The van der Waals surface area contributed by atoms with Crippen molar-refractivity contribution in [2.24, 2.45) is 0 Å². The molecule has 0 aliphatic rings. The number of carbonyl (C=O) groups excluding carboxylic acids is 1. The summed E-state index contributed by atoms with van der Waals surface area (Å²) in [7, 11) is 0. The number of amides is 1. The molecule has 0 bridgehead atoms. The number of H-pyrrole nitrogens is 1. The molecule has 3 rings (SSSR count). The fourth-order valence-corrected chi connectivity index (χ4v) is 2.77. The van der Waals surface area contributed by atoms with Crippen molar-refractivity contribution in [1.29, 1.82) is 0 Å². The number of aromatic amines is 1. The summed E-state index contributed by atoms with van der Waals surface area (Å²) >= 11 is 1.47. The summed E-state index contributed by atoms with van der Waals surface area (Å²) in [4.78, 5) is 19.7. The van der Waals surface area contributed by atoms with Crippen LogP contribution in [0.15, 0.2) is 36.2 Å². The molecular formula is C14H16N6O2S. The second-order valence-corrected chi connectivity index (χ2v) is 5.92. The molecule has 0 aliphatic heterocycles. The van der Waals surface area contributed by atoms with Gasteiger partial charge in [-0.3, -0.25) is 4.79 Å². The summed E-state index contributed by atoms with van der Waals surface area (Å²) < 4.78 is 1.47. The van der Waals surface area contributed by atoms with Crippen LogP contribution in [0, 0.1) is 0 Å². The highest BCUT2D eigenvalue weighted by molar-refractivity contribution is 7.10. The van der Waals surface area contributed by atoms with E-state index >= 15 is 0 Å². The van der Waals surface area contributed by atoms with E-state index in [4.69, 9.17) is 0 Å². The van der Waals surface area contributed by atoms with E-state index in [2.05, 4.69) is 25.6 Å². The first-order valence-electron chi connectivity index (χ1n) is 7.09. The standard InChI is InChI=1S/C14H16N6O2S/c21-12(13-2-1-5-23-13)8-20-7-11(18-19-20)14(22)16-4-3-10-6-15-9-17-10/h1-2,5-7,9,12,21H,3-4,8H2,(H,15,17)(H,16,22). The molecule has 3 N–H and O–H groups in total. The number of hydrogen-bond acceptors (Lipinski definition) is 6. The lowest BCUT2D eigenvalue weighted by molar-refractivity contribution is 0.0948. The fraction of sp³-hybridized carbons (Fsp3) is 0.286. The van der Waals surface area contributed by atoms with Gasteiger partial charge in [0.1, 0.15) is 6.10 Å². The van der Waals surface area contributed by atoms with Gasteiger partial charge in [-0.25, -0.2) is 9.67 Å². The SMILES string of the molecule is O=C(NCCc1cnc[nH]1)c1cn(CC(O)c2cccs2)nn1. The number of rotatable bonds is 7. The highest BCUT2D eigenvalue weighted by Crippen LogP contribution is 2.19. The van der Waals surface area contributed by atoms with Gasteiger partial charge < -0.3 is 15.4 Å². The number of thiophene rings is 1. The van der Waals surface area contributed by atoms with Crippen LogP contribution in [0.5, 0.6) is 0 Å². The van der Waals surface area contributed by atoms with E-state index in [0.29, 0.717) is 13.0 Å². The molecule has 1 atom stereocenters. The van der Waals surface area contributed by atoms with Crippen molar-refractivity contribution in [2.75, 3.05) is 6.54 Å². The average Bonchev–Trinajstić information content (AvgIpc) is 3.29. The Bertz CT molecular complexity index is 737. The Kier molecular flexibility index (Phi) is 4.79. The first kappa shape index (κ1) is 15.4. The van der Waals surface area contributed by atoms with Crippen molar-refractivity contribution in [2.45, 2.75) is 19.1 Å². The molecule has 0 radical (unpaired) electrons. The van der Waals surface area contributed by atoms with Crippen LogP contribution in [-0.2, 0) is 13.0 Å². The second kappa shape index (κ2) is 7.16. The van der Waals surface area contributed by atoms with E-state index in [9.17, 15) is 9.90 Å². The van der Waals surface area contributed by atoms with Crippen molar-refractivity contribution in [3.05, 3.63) is 52.5 Å². The molecule has 9 heteroatoms. The topological polar surface area (TPSA) is 109 Å². The van der Waals surface area contributed by atoms with Crippen LogP contribution in [0.2, 0.25) is 0 Å². The molecule has 1 unspecified atom stereocenters. The molecule has 120 valence electrons. The van der Waals surface area contributed by atoms with Crippen molar-refractivity contribution in [3.63, 3.8) is 0 Å². The predicted octanol–water partition coefficient (Wildman–Crippen LogP) is 0.769. The van der Waals surface area contributed by atoms with E-state index in [0.717, 1.165) is 10.6 Å². The van der Waals surface area contributed by atoms with Crippen LogP contribution in [-0.4, -0.2) is 42.5 Å². The van der Waals surface area contributed by atoms with Crippen LogP contribution in [0.3, 0.4) is 0 Å². The Morgan fingerprint density at radius 3 is 3.17 bits per heavy atom. The van der Waals surface area contributed by atoms with Gasteiger partial charge in [0.25, 0.3) is 5.91 Å². The molecule has 3 aromatic heterocycles. The normalized spacial score (nSPS) is 12.2. The Morgan fingerprint density at radius 2 is 2.43 bits per heavy atom. The van der Waals surface area contributed by atoms with E-state index in [1.165, 1.54) is 22.2 Å². The van der Waals surface area contributed by atoms with Gasteiger partial charge in [0.2, 0.25) is 0 Å². The maximum atomic E-state index is 12.0. The first-order valence-corrected chi connectivity index (χ1v) is 7.97. The lowest BCUT2D eigenvalue weighted by Gasteiger charge is -2.07. The number of nitrogens with one attached hydrogen (secondary N) is 2. The Labute approximate surface area is 136 Å². The van der Waals surface area contributed by atoms with Gasteiger partial charge in [0.05, 0.1) is 19.1 Å². The van der Waals surface area contributed by atoms with Gasteiger partial charge in [0, 0.05) is 29.7 Å². The molecule has 23 heavy (non-hydrogen) atoms. The predicted molar refractivity (Wildman–Crippen MR) is 83.9 cm³/mol. The average molecular weight is 332 g/mol. The quantitative estimate of drug-likeness (QED) is 0.592. The third-order valence-electron chi connectivity index (χ3n) is 3.24. The van der Waals surface area contributed by atoms with Crippen LogP contribution < -0.4 is 5.32 Å². The zero-order chi connectivity index (χ0) is 16.1. The molecule has 1 amide bonds. The van der Waals surface area contributed by atoms with Gasteiger partial charge >= 0.3 is 0 Å². The lowest BCUT2D eigenvalue weighted by Crippen LogP contribution is -2.26. The second-order valence-electron chi connectivity index (χ2n) is 4.94. The van der Waals surface area contributed by atoms with Gasteiger partial charge in [-0.1, -0.05) is 11.3 Å². The maximum absolute atomic E-state index is 12.0. The Morgan fingerprint density at radius 1 is 1.52 bits per heavy atom. The van der Waals surface area contributed by atoms with Crippen molar-refractivity contribution < 1.29 is 9.90 Å². The lowest BCUT2D eigenvalue weighted by atomic mass is 10.3. The highest BCUT2D eigenvalue weighted by Gasteiger charge is 2.14. The molecule has 0 saturated heterocycles. The maximum Gasteiger partial charge on any atom is 0.273 e. The largest absolute Gasteiger partial charge is 0.386 e. The monoisotopic (exact) mass is 332 g/mol. The molecule has 0 aliphatic carbocycles. The summed E-state index contributed by atoms with van der Waals surface area (Å²) in [6.45, 7) is 0.737. The van der Waals surface area contributed by atoms with Crippen LogP contribution in [0.1, 0.15) is 27.2 Å². The third-order valence-corrected chi connectivity index (χ3v) is 4.21. The van der Waals surface area contributed by atoms with E-state index < -0.39 is 6.10 Å². The van der Waals surface area contributed by atoms with Crippen LogP contribution >= 0.6 is 11.3 Å². The zero-order valence-corrected chi connectivity index (χ0v) is 13.0. The van der Waals surface area contributed by atoms with Gasteiger partial charge in [-0.05, 0) is 11.4 Å². The number of nitrogens with zero attached hydrogens (tertiary/aromatic N) is 4. The third kappa shape index (κ3) is 4.02. The number of aliphatic hydroxyl groups is 1. The summed E-state index contributed by atoms with van der Waals surface area (Å²) in [5.41, 5.74) is 1.18. The van der Waals surface area contributed by atoms with Crippen molar-refractivity contribution in [3.8, 4) is 0 Å². The van der Waals surface area contributed by atoms with E-state index in [-0.39, 0.29) is 18.1 Å². The van der Waals surface area contributed by atoms with Gasteiger partial charge in [0.15, 0.2) is 5.69 Å². The van der Waals surface area contributed by atoms with E-state index in [1.807, 2.05) is 17.5 Å². The van der Waals surface area contributed by atoms with Gasteiger partial charge in [-0.15, -0.1) is 16.4 Å². The molecule has 0 aromatic carbocycles. The Hall–Kier alpha value is -2.52. The van der Waals surface area contributed by atoms with Gasteiger partial charge in [-0.2, -0.15) is 0 Å². The molecule has 0 saturated carbocycles. The number of aliphatic hydroxyl groups excluding tert-OH is 1. The minimum atomic E-state index is -0.659. The first-order chi connectivity index (χ1) is 11.2. The van der Waals surface area contributed by atoms with Crippen molar-refractivity contribution >= 4 is 17.2 Å². The van der Waals surface area contributed by atoms with E-state index in [1.54, 1.807) is 12.5 Å². The molecule has 3 heterocycles. The number of hydrogen-bond donors (Lipinski definition) is 3. The van der Waals surface area contributed by atoms with Crippen LogP contribution in [0.4, 0.5) is 0 Å². The Balaban J connectivity index is 1.50. The number of aromatic nitrogens is 5. The summed E-state index contributed by atoms with van der Waals surface area (Å²) in [6.07, 6.45) is 4.85. The minimum absolute atomic E-state index is 0.230. The number of carbonyl (C=O) groups is 1. The summed E-state index contributed by atoms with van der Waals surface area (Å²) in [5.74, 6) is -0.290. The van der Waals surface area contributed by atoms with Crippen molar-refractivity contribution in [1.82, 2.24) is 30.3 Å². The molecule has 0 fully saturated rings. The smallest absolute Gasteiger partial charge is 0.273 e. The zero-order valence-electron chi connectivity index (χ0n) is 12.2. The molecule has 3 aromatic rings. The number of imidazole rings is 1. The summed E-state index contributed by atoms with van der Waals surface area (Å²) in [5, 5.41) is 22.5.